The average Bonchev–Trinajstić information content (AvgIpc) is 2.80. The van der Waals surface area contributed by atoms with Gasteiger partial charge in [-0.15, -0.1) is 0 Å². The van der Waals surface area contributed by atoms with Gasteiger partial charge in [-0.25, -0.2) is 0 Å². The molecule has 4 heteroatoms. The number of hydrogen-bond acceptors (Lipinski definition) is 3. The molecule has 31 heavy (non-hydrogen) atoms. The summed E-state index contributed by atoms with van der Waals surface area (Å²) in [5.74, 6) is 1.22. The molecule has 0 aromatic heterocycles. The topological polar surface area (TPSA) is 47.6 Å². The van der Waals surface area contributed by atoms with Gasteiger partial charge in [-0.05, 0) is 48.7 Å². The SMILES string of the molecule is CCCCCCOc1cccc(NC(=O)C(C)Oc2ccc(-c3ccccc3)cc2)c1. The monoisotopic (exact) mass is 417 g/mol. The van der Waals surface area contributed by atoms with E-state index in [1.165, 1.54) is 19.3 Å². The van der Waals surface area contributed by atoms with Crippen molar-refractivity contribution >= 4 is 11.6 Å². The third kappa shape index (κ3) is 7.18. The van der Waals surface area contributed by atoms with Crippen LogP contribution in [0.5, 0.6) is 11.5 Å². The van der Waals surface area contributed by atoms with Crippen LogP contribution in [0.4, 0.5) is 5.69 Å². The van der Waals surface area contributed by atoms with Crippen molar-refractivity contribution in [3.8, 4) is 22.6 Å². The molecule has 1 amide bonds. The van der Waals surface area contributed by atoms with Crippen molar-refractivity contribution in [3.05, 3.63) is 78.9 Å². The number of benzene rings is 3. The smallest absolute Gasteiger partial charge is 0.265 e. The van der Waals surface area contributed by atoms with Crippen LogP contribution in [0, 0.1) is 0 Å². The maximum atomic E-state index is 12.6. The van der Waals surface area contributed by atoms with Crippen molar-refractivity contribution in [2.45, 2.75) is 45.6 Å². The zero-order valence-corrected chi connectivity index (χ0v) is 18.3. The number of nitrogens with one attached hydrogen (secondary N) is 1. The molecule has 0 radical (unpaired) electrons. The molecular weight excluding hydrogens is 386 g/mol. The molecule has 0 saturated carbocycles. The minimum atomic E-state index is -0.624. The van der Waals surface area contributed by atoms with Gasteiger partial charge in [0.15, 0.2) is 6.10 Å². The Morgan fingerprint density at radius 1 is 0.839 bits per heavy atom. The lowest BCUT2D eigenvalue weighted by Crippen LogP contribution is -2.30. The molecule has 1 atom stereocenters. The molecule has 0 fully saturated rings. The van der Waals surface area contributed by atoms with Crippen molar-refractivity contribution in [2.24, 2.45) is 0 Å². The van der Waals surface area contributed by atoms with Gasteiger partial charge < -0.3 is 14.8 Å². The standard InChI is InChI=1S/C27H31NO3/c1-3-4-5-9-19-30-26-14-10-13-24(20-26)28-27(29)21(2)31-25-17-15-23(16-18-25)22-11-7-6-8-12-22/h6-8,10-18,20-21H,3-5,9,19H2,1-2H3,(H,28,29). The molecule has 1 unspecified atom stereocenters. The second kappa shape index (κ2) is 11.8. The first kappa shape index (κ1) is 22.4. The molecule has 0 bridgehead atoms. The Bertz CT molecular complexity index is 938. The van der Waals surface area contributed by atoms with Gasteiger partial charge >= 0.3 is 0 Å². The Balaban J connectivity index is 1.50. The molecule has 0 aliphatic rings. The number of unbranched alkanes of at least 4 members (excludes halogenated alkanes) is 3. The summed E-state index contributed by atoms with van der Waals surface area (Å²) < 4.78 is 11.6. The van der Waals surface area contributed by atoms with Crippen LogP contribution in [0.25, 0.3) is 11.1 Å². The average molecular weight is 418 g/mol. The van der Waals surface area contributed by atoms with Crippen LogP contribution in [0.1, 0.15) is 39.5 Å². The number of carbonyl (C=O) groups excluding carboxylic acids is 1. The molecule has 0 saturated heterocycles. The van der Waals surface area contributed by atoms with E-state index in [2.05, 4.69) is 24.4 Å². The molecule has 0 spiro atoms. The quantitative estimate of drug-likeness (QED) is 0.352. The summed E-state index contributed by atoms with van der Waals surface area (Å²) in [6, 6.07) is 25.4. The molecule has 3 rings (SSSR count). The molecule has 162 valence electrons. The van der Waals surface area contributed by atoms with E-state index in [1.54, 1.807) is 6.92 Å². The highest BCUT2D eigenvalue weighted by atomic mass is 16.5. The lowest BCUT2D eigenvalue weighted by molar-refractivity contribution is -0.122. The maximum absolute atomic E-state index is 12.6. The summed E-state index contributed by atoms with van der Waals surface area (Å²) in [7, 11) is 0. The Labute approximate surface area is 185 Å². The first-order valence-corrected chi connectivity index (χ1v) is 11.0. The summed E-state index contributed by atoms with van der Waals surface area (Å²) in [6.45, 7) is 4.63. The van der Waals surface area contributed by atoms with Crippen LogP contribution < -0.4 is 14.8 Å². The van der Waals surface area contributed by atoms with Gasteiger partial charge in [-0.1, -0.05) is 74.7 Å². The van der Waals surface area contributed by atoms with Crippen LogP contribution in [-0.2, 0) is 4.79 Å². The number of rotatable bonds is 11. The van der Waals surface area contributed by atoms with Crippen molar-refractivity contribution in [3.63, 3.8) is 0 Å². The Morgan fingerprint density at radius 2 is 1.58 bits per heavy atom. The largest absolute Gasteiger partial charge is 0.494 e. The van der Waals surface area contributed by atoms with Crippen molar-refractivity contribution in [2.75, 3.05) is 11.9 Å². The molecule has 1 N–H and O–H groups in total. The van der Waals surface area contributed by atoms with Crippen molar-refractivity contribution in [1.82, 2.24) is 0 Å². The number of anilines is 1. The first-order chi connectivity index (χ1) is 15.2. The highest BCUT2D eigenvalue weighted by molar-refractivity contribution is 5.94. The van der Waals surface area contributed by atoms with E-state index in [1.807, 2.05) is 66.7 Å². The van der Waals surface area contributed by atoms with Crippen molar-refractivity contribution < 1.29 is 14.3 Å². The fraction of sp³-hybridized carbons (Fsp3) is 0.296. The van der Waals surface area contributed by atoms with Gasteiger partial charge in [0.2, 0.25) is 0 Å². The fourth-order valence-corrected chi connectivity index (χ4v) is 3.24. The van der Waals surface area contributed by atoms with E-state index in [0.717, 1.165) is 23.3 Å². The van der Waals surface area contributed by atoms with Gasteiger partial charge in [0.1, 0.15) is 11.5 Å². The summed E-state index contributed by atoms with van der Waals surface area (Å²) >= 11 is 0. The summed E-state index contributed by atoms with van der Waals surface area (Å²) in [4.78, 5) is 12.6. The van der Waals surface area contributed by atoms with Crippen molar-refractivity contribution in [1.29, 1.82) is 0 Å². The number of hydrogen-bond donors (Lipinski definition) is 1. The molecule has 4 nitrogen and oxygen atoms in total. The maximum Gasteiger partial charge on any atom is 0.265 e. The predicted octanol–water partition coefficient (Wildman–Crippen LogP) is 6.72. The molecule has 3 aromatic rings. The van der Waals surface area contributed by atoms with Gasteiger partial charge in [0.05, 0.1) is 6.61 Å². The van der Waals surface area contributed by atoms with Crippen LogP contribution in [0.15, 0.2) is 78.9 Å². The Kier molecular flexibility index (Phi) is 8.53. The highest BCUT2D eigenvalue weighted by Gasteiger charge is 2.15. The van der Waals surface area contributed by atoms with Gasteiger partial charge in [0.25, 0.3) is 5.91 Å². The molecule has 0 aliphatic heterocycles. The van der Waals surface area contributed by atoms with Gasteiger partial charge in [-0.2, -0.15) is 0 Å². The lowest BCUT2D eigenvalue weighted by atomic mass is 10.1. The lowest BCUT2D eigenvalue weighted by Gasteiger charge is -2.15. The van der Waals surface area contributed by atoms with E-state index >= 15 is 0 Å². The van der Waals surface area contributed by atoms with E-state index in [-0.39, 0.29) is 5.91 Å². The fourth-order valence-electron chi connectivity index (χ4n) is 3.24. The van der Waals surface area contributed by atoms with Crippen LogP contribution in [0.3, 0.4) is 0 Å². The minimum Gasteiger partial charge on any atom is -0.494 e. The third-order valence-corrected chi connectivity index (χ3v) is 5.01. The number of carbonyl (C=O) groups is 1. The summed E-state index contributed by atoms with van der Waals surface area (Å²) in [6.07, 6.45) is 4.03. The van der Waals surface area contributed by atoms with E-state index < -0.39 is 6.10 Å². The van der Waals surface area contributed by atoms with E-state index in [4.69, 9.17) is 9.47 Å². The molecule has 0 heterocycles. The molecule has 0 aliphatic carbocycles. The molecular formula is C27H31NO3. The van der Waals surface area contributed by atoms with Gasteiger partial charge in [0, 0.05) is 11.8 Å². The normalized spacial score (nSPS) is 11.5. The second-order valence-electron chi connectivity index (χ2n) is 7.58. The zero-order chi connectivity index (χ0) is 21.9. The molecule has 3 aromatic carbocycles. The van der Waals surface area contributed by atoms with Crippen LogP contribution >= 0.6 is 0 Å². The van der Waals surface area contributed by atoms with Gasteiger partial charge in [-0.3, -0.25) is 4.79 Å². The van der Waals surface area contributed by atoms with E-state index in [0.29, 0.717) is 18.0 Å². The predicted molar refractivity (Wildman–Crippen MR) is 127 cm³/mol. The summed E-state index contributed by atoms with van der Waals surface area (Å²) in [5.41, 5.74) is 2.95. The Hall–Kier alpha value is -3.27. The summed E-state index contributed by atoms with van der Waals surface area (Å²) in [5, 5.41) is 2.91. The van der Waals surface area contributed by atoms with Crippen LogP contribution in [-0.4, -0.2) is 18.6 Å². The Morgan fingerprint density at radius 3 is 2.32 bits per heavy atom. The first-order valence-electron chi connectivity index (χ1n) is 11.0. The second-order valence-corrected chi connectivity index (χ2v) is 7.58. The third-order valence-electron chi connectivity index (χ3n) is 5.01. The van der Waals surface area contributed by atoms with Crippen LogP contribution in [0.2, 0.25) is 0 Å². The number of ether oxygens (including phenoxy) is 2. The zero-order valence-electron chi connectivity index (χ0n) is 18.3. The number of amides is 1. The highest BCUT2D eigenvalue weighted by Crippen LogP contribution is 2.23. The van der Waals surface area contributed by atoms with E-state index in [9.17, 15) is 4.79 Å². The minimum absolute atomic E-state index is 0.202.